The van der Waals surface area contributed by atoms with Gasteiger partial charge in [0.05, 0.1) is 26.4 Å². The van der Waals surface area contributed by atoms with Gasteiger partial charge in [0.2, 0.25) is 0 Å². The Kier molecular flexibility index (Phi) is 58.0. The number of hydrogen-bond acceptors (Lipinski definition) is 15. The molecule has 17 nitrogen and oxygen atoms in total. The van der Waals surface area contributed by atoms with Gasteiger partial charge in [-0.25, -0.2) is 9.13 Å². The molecule has 0 aliphatic carbocycles. The second-order valence-electron chi connectivity index (χ2n) is 25.2. The lowest BCUT2D eigenvalue weighted by Crippen LogP contribution is -2.30. The van der Waals surface area contributed by atoms with Gasteiger partial charge in [-0.3, -0.25) is 37.3 Å². The predicted octanol–water partition coefficient (Wildman–Crippen LogP) is 18.8. The molecule has 0 heterocycles. The van der Waals surface area contributed by atoms with Crippen molar-refractivity contribution in [3.8, 4) is 0 Å². The Bertz CT molecular complexity index is 1680. The second-order valence-corrected chi connectivity index (χ2v) is 28.1. The van der Waals surface area contributed by atoms with E-state index >= 15 is 0 Å². The molecular weight excluding hydrogens is 1140 g/mol. The maximum atomic E-state index is 13.0. The van der Waals surface area contributed by atoms with Gasteiger partial charge in [0, 0.05) is 25.7 Å². The van der Waals surface area contributed by atoms with Crippen LogP contribution in [0, 0.1) is 11.8 Å². The summed E-state index contributed by atoms with van der Waals surface area (Å²) >= 11 is 0. The third kappa shape index (κ3) is 60.9. The molecule has 0 aromatic rings. The summed E-state index contributed by atoms with van der Waals surface area (Å²) in [6.45, 7) is 9.39. The Balaban J connectivity index is 5.17. The summed E-state index contributed by atoms with van der Waals surface area (Å²) in [5.74, 6) is -0.658. The van der Waals surface area contributed by atoms with Crippen LogP contribution in [0.3, 0.4) is 0 Å². The quantitative estimate of drug-likeness (QED) is 0.0222. The summed E-state index contributed by atoms with van der Waals surface area (Å²) < 4.78 is 67.9. The van der Waals surface area contributed by atoms with Gasteiger partial charge in [-0.05, 0) is 37.5 Å². The maximum Gasteiger partial charge on any atom is 0.472 e. The monoisotopic (exact) mass is 1270 g/mol. The van der Waals surface area contributed by atoms with Crippen LogP contribution in [0.25, 0.3) is 0 Å². The average Bonchev–Trinajstić information content (AvgIpc) is 3.64. The van der Waals surface area contributed by atoms with E-state index in [4.69, 9.17) is 37.0 Å². The number of unbranched alkanes of at least 4 members (excludes halogenated alkanes) is 36. The van der Waals surface area contributed by atoms with Gasteiger partial charge in [0.25, 0.3) is 0 Å². The Morgan fingerprint density at radius 1 is 0.314 bits per heavy atom. The number of hydrogen-bond donors (Lipinski definition) is 3. The molecule has 0 aromatic heterocycles. The van der Waals surface area contributed by atoms with Crippen LogP contribution in [0.5, 0.6) is 0 Å². The number of phosphoric ester groups is 2. The van der Waals surface area contributed by atoms with Crippen molar-refractivity contribution < 1.29 is 80.2 Å². The molecular formula is C67H130O17P2. The van der Waals surface area contributed by atoms with Crippen molar-refractivity contribution in [2.24, 2.45) is 11.8 Å². The van der Waals surface area contributed by atoms with Crippen molar-refractivity contribution in [1.29, 1.82) is 0 Å². The second kappa shape index (κ2) is 59.4. The highest BCUT2D eigenvalue weighted by molar-refractivity contribution is 7.47. The molecule has 0 spiro atoms. The topological polar surface area (TPSA) is 237 Å². The van der Waals surface area contributed by atoms with E-state index in [1.165, 1.54) is 148 Å². The largest absolute Gasteiger partial charge is 0.472 e. The first-order valence-corrected chi connectivity index (χ1v) is 38.0. The number of aliphatic hydroxyl groups is 1. The van der Waals surface area contributed by atoms with Crippen LogP contribution in [-0.2, 0) is 65.4 Å². The van der Waals surface area contributed by atoms with Crippen molar-refractivity contribution in [3.05, 3.63) is 0 Å². The Labute approximate surface area is 524 Å². The minimum Gasteiger partial charge on any atom is -0.462 e. The number of phosphoric acid groups is 2. The Hall–Kier alpha value is -1.94. The molecule has 0 aliphatic rings. The van der Waals surface area contributed by atoms with Crippen LogP contribution in [0.15, 0.2) is 0 Å². The number of rotatable bonds is 66. The summed E-state index contributed by atoms with van der Waals surface area (Å²) in [7, 11) is -9.88. The van der Waals surface area contributed by atoms with Crippen LogP contribution in [-0.4, -0.2) is 96.7 Å². The number of carbonyl (C=O) groups is 4. The van der Waals surface area contributed by atoms with Crippen molar-refractivity contribution in [2.45, 2.75) is 355 Å². The molecule has 3 N–H and O–H groups in total. The van der Waals surface area contributed by atoms with E-state index < -0.39 is 97.5 Å². The normalized spacial score (nSPS) is 14.2. The number of aliphatic hydroxyl groups excluding tert-OH is 1. The number of ether oxygens (including phenoxy) is 4. The smallest absolute Gasteiger partial charge is 0.462 e. The van der Waals surface area contributed by atoms with Crippen molar-refractivity contribution in [1.82, 2.24) is 0 Å². The van der Waals surface area contributed by atoms with Crippen molar-refractivity contribution in [2.75, 3.05) is 39.6 Å². The van der Waals surface area contributed by atoms with Gasteiger partial charge in [-0.1, -0.05) is 286 Å². The fourth-order valence-electron chi connectivity index (χ4n) is 10.1. The van der Waals surface area contributed by atoms with Gasteiger partial charge in [0.1, 0.15) is 19.3 Å². The fourth-order valence-corrected chi connectivity index (χ4v) is 11.6. The molecule has 0 fully saturated rings. The molecule has 86 heavy (non-hydrogen) atoms. The van der Waals surface area contributed by atoms with Crippen LogP contribution < -0.4 is 0 Å². The maximum absolute atomic E-state index is 13.0. The van der Waals surface area contributed by atoms with E-state index in [1.807, 2.05) is 0 Å². The first-order chi connectivity index (χ1) is 41.4. The highest BCUT2D eigenvalue weighted by atomic mass is 31.2. The molecule has 2 unspecified atom stereocenters. The molecule has 0 bridgehead atoms. The zero-order chi connectivity index (χ0) is 63.6. The lowest BCUT2D eigenvalue weighted by Gasteiger charge is -2.21. The van der Waals surface area contributed by atoms with Crippen molar-refractivity contribution in [3.63, 3.8) is 0 Å². The summed E-state index contributed by atoms with van der Waals surface area (Å²) in [4.78, 5) is 72.1. The Morgan fingerprint density at radius 2 is 0.535 bits per heavy atom. The van der Waals surface area contributed by atoms with Gasteiger partial charge in [-0.2, -0.15) is 0 Å². The molecule has 0 saturated carbocycles. The zero-order valence-corrected chi connectivity index (χ0v) is 57.4. The lowest BCUT2D eigenvalue weighted by atomic mass is 10.0. The average molecular weight is 1270 g/mol. The highest BCUT2D eigenvalue weighted by Gasteiger charge is 2.30. The molecule has 19 heteroatoms. The number of carbonyl (C=O) groups excluding carboxylic acids is 4. The summed E-state index contributed by atoms with van der Waals surface area (Å²) in [5, 5.41) is 10.5. The molecule has 0 rings (SSSR count). The van der Waals surface area contributed by atoms with Gasteiger partial charge >= 0.3 is 39.5 Å². The molecule has 0 aliphatic heterocycles. The summed E-state index contributed by atoms with van der Waals surface area (Å²) in [5.41, 5.74) is 0. The first-order valence-electron chi connectivity index (χ1n) is 35.0. The number of esters is 4. The van der Waals surface area contributed by atoms with Crippen LogP contribution in [0.2, 0.25) is 0 Å². The highest BCUT2D eigenvalue weighted by Crippen LogP contribution is 2.45. The van der Waals surface area contributed by atoms with E-state index in [0.717, 1.165) is 102 Å². The van der Waals surface area contributed by atoms with Crippen LogP contribution in [0.1, 0.15) is 337 Å². The molecule has 510 valence electrons. The van der Waals surface area contributed by atoms with Gasteiger partial charge in [-0.15, -0.1) is 0 Å². The summed E-state index contributed by atoms with van der Waals surface area (Å²) in [6, 6.07) is 0. The van der Waals surface area contributed by atoms with E-state index in [9.17, 15) is 43.2 Å². The molecule has 0 radical (unpaired) electrons. The molecule has 5 atom stereocenters. The van der Waals surface area contributed by atoms with Crippen LogP contribution >= 0.6 is 15.6 Å². The van der Waals surface area contributed by atoms with E-state index in [2.05, 4.69) is 41.5 Å². The van der Waals surface area contributed by atoms with E-state index in [-0.39, 0.29) is 25.7 Å². The fraction of sp³-hybridized carbons (Fsp3) is 0.940. The Morgan fingerprint density at radius 3 is 0.791 bits per heavy atom. The van der Waals surface area contributed by atoms with Gasteiger partial charge in [0.15, 0.2) is 12.2 Å². The minimum absolute atomic E-state index is 0.103. The molecule has 0 amide bonds. The lowest BCUT2D eigenvalue weighted by molar-refractivity contribution is -0.161. The van der Waals surface area contributed by atoms with E-state index in [1.54, 1.807) is 0 Å². The summed E-state index contributed by atoms with van der Waals surface area (Å²) in [6.07, 6.45) is 43.5. The molecule has 0 aromatic carbocycles. The minimum atomic E-state index is -4.95. The molecule has 0 saturated heterocycles. The SMILES string of the molecule is CCCCCCCCCCCCCCCCCC(=O)OC[C@H](COP(=O)(O)OC[C@@H](O)COP(=O)(O)OC[C@@H](COC(=O)CCCCCCC)OC(=O)CCCCCCCCCC(C)C)OC(=O)CCCCCCCCCCCCCCCC(C)C. The van der Waals surface area contributed by atoms with Crippen molar-refractivity contribution >= 4 is 39.5 Å². The van der Waals surface area contributed by atoms with Gasteiger partial charge < -0.3 is 33.8 Å². The third-order valence-corrected chi connectivity index (χ3v) is 17.4. The first kappa shape index (κ1) is 84.1. The van der Waals surface area contributed by atoms with E-state index in [0.29, 0.717) is 31.6 Å². The standard InChI is InChI=1S/C67H130O17P2/c1-7-9-11-13-14-15-16-17-18-21-24-27-32-38-44-50-65(70)78-56-63(84-66(71)51-45-39-33-28-25-22-19-20-23-26-30-36-41-47-59(3)4)58-82-86(75,76)80-54-61(68)53-79-85(73,74)81-57-62(55-77-64(69)49-43-35-12-10-8-2)83-67(72)52-46-40-34-29-31-37-42-48-60(5)6/h59-63,68H,7-58H2,1-6H3,(H,73,74)(H,75,76)/t61-,62+,63+/m0/s1. The predicted molar refractivity (Wildman–Crippen MR) is 345 cm³/mol. The van der Waals surface area contributed by atoms with Crippen LogP contribution in [0.4, 0.5) is 0 Å². The zero-order valence-electron chi connectivity index (χ0n) is 55.6. The third-order valence-electron chi connectivity index (χ3n) is 15.5.